The molecule has 7 nitrogen and oxygen atoms in total. The summed E-state index contributed by atoms with van der Waals surface area (Å²) in [6.45, 7) is 5.96. The van der Waals surface area contributed by atoms with Crippen LogP contribution in [0.4, 0.5) is 5.69 Å². The maximum Gasteiger partial charge on any atom is 0.341 e. The van der Waals surface area contributed by atoms with Gasteiger partial charge in [-0.3, -0.25) is 19.8 Å². The molecule has 0 unspecified atom stereocenters. The van der Waals surface area contributed by atoms with Gasteiger partial charge < -0.3 is 9.30 Å². The maximum atomic E-state index is 13.5. The van der Waals surface area contributed by atoms with Crippen molar-refractivity contribution in [1.82, 2.24) is 9.88 Å². The lowest BCUT2D eigenvalue weighted by Gasteiger charge is -2.29. The molecule has 0 atom stereocenters. The van der Waals surface area contributed by atoms with Crippen LogP contribution in [-0.2, 0) is 27.2 Å². The number of nitrogens with zero attached hydrogens (tertiary/aromatic N) is 2. The first-order valence-electron chi connectivity index (χ1n) is 12.4. The molecule has 0 radical (unpaired) electrons. The number of hydrogen-bond donors (Lipinski definition) is 1. The number of anilines is 1. The highest BCUT2D eigenvalue weighted by Crippen LogP contribution is 2.39. The number of carbonyl (C=O) groups is 3. The average Bonchev–Trinajstić information content (AvgIpc) is 3.37. The van der Waals surface area contributed by atoms with Crippen molar-refractivity contribution in [2.75, 3.05) is 11.5 Å². The Morgan fingerprint density at radius 3 is 2.71 bits per heavy atom. The van der Waals surface area contributed by atoms with Crippen LogP contribution < -0.4 is 10.2 Å². The molecule has 2 aromatic heterocycles. The zero-order chi connectivity index (χ0) is 27.1. The van der Waals surface area contributed by atoms with Gasteiger partial charge in [0.1, 0.15) is 10.6 Å². The van der Waals surface area contributed by atoms with E-state index in [-0.39, 0.29) is 16.7 Å². The van der Waals surface area contributed by atoms with Crippen molar-refractivity contribution in [1.29, 1.82) is 0 Å². The lowest BCUT2D eigenvalue weighted by molar-refractivity contribution is -0.122. The van der Waals surface area contributed by atoms with Gasteiger partial charge in [0.15, 0.2) is 5.11 Å². The van der Waals surface area contributed by atoms with Gasteiger partial charge in [-0.2, -0.15) is 0 Å². The largest absolute Gasteiger partial charge is 0.462 e. The summed E-state index contributed by atoms with van der Waals surface area (Å²) < 4.78 is 7.46. The van der Waals surface area contributed by atoms with Gasteiger partial charge in [-0.25, -0.2) is 4.79 Å². The Hall–Kier alpha value is -3.27. The number of aryl methyl sites for hydroxylation is 2. The highest BCUT2D eigenvalue weighted by Gasteiger charge is 2.35. The van der Waals surface area contributed by atoms with Gasteiger partial charge >= 0.3 is 5.97 Å². The third-order valence-electron chi connectivity index (χ3n) is 6.77. The first-order valence-corrected chi connectivity index (χ1v) is 14.0. The molecule has 0 spiro atoms. The number of thiocarbonyl (C=S) groups is 1. The Kier molecular flexibility index (Phi) is 7.26. The molecule has 1 aromatic carbocycles. The van der Waals surface area contributed by atoms with Crippen LogP contribution in [-0.4, -0.2) is 34.1 Å². The number of benzene rings is 1. The number of fused-ring (bicyclic) bond motifs is 1. The Labute approximate surface area is 235 Å². The molecule has 1 N–H and O–H groups in total. The van der Waals surface area contributed by atoms with Crippen molar-refractivity contribution < 1.29 is 19.1 Å². The molecule has 2 aliphatic rings. The van der Waals surface area contributed by atoms with Crippen molar-refractivity contribution >= 4 is 69.8 Å². The predicted octanol–water partition coefficient (Wildman–Crippen LogP) is 5.70. The second kappa shape index (κ2) is 10.5. The van der Waals surface area contributed by atoms with E-state index in [0.717, 1.165) is 47.6 Å². The summed E-state index contributed by atoms with van der Waals surface area (Å²) in [7, 11) is 0. The third-order valence-corrected chi connectivity index (χ3v) is 8.57. The minimum Gasteiger partial charge on any atom is -0.462 e. The van der Waals surface area contributed by atoms with Crippen molar-refractivity contribution in [2.24, 2.45) is 0 Å². The first-order chi connectivity index (χ1) is 18.2. The molecular weight excluding hydrogens is 542 g/mol. The van der Waals surface area contributed by atoms with Crippen LogP contribution in [0.5, 0.6) is 0 Å². The van der Waals surface area contributed by atoms with Crippen LogP contribution >= 0.6 is 35.2 Å². The molecule has 1 fully saturated rings. The van der Waals surface area contributed by atoms with E-state index >= 15 is 0 Å². The van der Waals surface area contributed by atoms with E-state index < -0.39 is 11.8 Å². The number of ether oxygens (including phenoxy) is 1. The molecule has 1 saturated heterocycles. The molecule has 0 bridgehead atoms. The Morgan fingerprint density at radius 2 is 1.97 bits per heavy atom. The average molecular weight is 568 g/mol. The summed E-state index contributed by atoms with van der Waals surface area (Å²) in [5, 5.41) is 3.87. The molecule has 196 valence electrons. The van der Waals surface area contributed by atoms with Crippen LogP contribution in [0.1, 0.15) is 57.5 Å². The number of amides is 2. The predicted molar refractivity (Wildman–Crippen MR) is 153 cm³/mol. The number of nitrogens with one attached hydrogen (secondary N) is 1. The monoisotopic (exact) mass is 567 g/mol. The first kappa shape index (κ1) is 26.3. The number of carbonyl (C=O) groups excluding carboxylic acids is 3. The lowest BCUT2D eigenvalue weighted by Crippen LogP contribution is -2.54. The lowest BCUT2D eigenvalue weighted by atomic mass is 9.95. The van der Waals surface area contributed by atoms with Crippen LogP contribution in [0.15, 0.2) is 35.9 Å². The fourth-order valence-electron chi connectivity index (χ4n) is 5.03. The van der Waals surface area contributed by atoms with Gasteiger partial charge in [0, 0.05) is 21.3 Å². The fourth-order valence-corrected chi connectivity index (χ4v) is 6.99. The molecule has 2 amide bonds. The van der Waals surface area contributed by atoms with Crippen LogP contribution in [0.2, 0.25) is 5.02 Å². The van der Waals surface area contributed by atoms with Gasteiger partial charge in [-0.05, 0) is 100 Å². The van der Waals surface area contributed by atoms with Crippen molar-refractivity contribution in [3.05, 3.63) is 73.9 Å². The Morgan fingerprint density at radius 1 is 1.21 bits per heavy atom. The highest BCUT2D eigenvalue weighted by molar-refractivity contribution is 7.80. The van der Waals surface area contributed by atoms with E-state index in [1.54, 1.807) is 48.6 Å². The third kappa shape index (κ3) is 4.59. The summed E-state index contributed by atoms with van der Waals surface area (Å²) in [5.74, 6) is -1.42. The summed E-state index contributed by atoms with van der Waals surface area (Å²) in [6, 6.07) is 8.63. The van der Waals surface area contributed by atoms with Crippen LogP contribution in [0.25, 0.3) is 11.1 Å². The van der Waals surface area contributed by atoms with Gasteiger partial charge in [-0.15, -0.1) is 11.3 Å². The van der Waals surface area contributed by atoms with Crippen molar-refractivity contribution in [2.45, 2.75) is 46.5 Å². The van der Waals surface area contributed by atoms with Crippen LogP contribution in [0, 0.1) is 13.8 Å². The number of thiophene rings is 1. The minimum absolute atomic E-state index is 0.00636. The van der Waals surface area contributed by atoms with Crippen molar-refractivity contribution in [3.63, 3.8) is 0 Å². The topological polar surface area (TPSA) is 80.6 Å². The normalized spacial score (nSPS) is 16.6. The Bertz CT molecular complexity index is 1530. The summed E-state index contributed by atoms with van der Waals surface area (Å²) in [5.41, 5.74) is 4.50. The summed E-state index contributed by atoms with van der Waals surface area (Å²) in [4.78, 5) is 41.9. The second-order valence-corrected chi connectivity index (χ2v) is 11.1. The molecule has 1 aliphatic carbocycles. The highest BCUT2D eigenvalue weighted by atomic mass is 35.5. The number of aromatic nitrogens is 1. The SMILES string of the molecule is CCOC(=O)c1c(-n2c(C)cc(/C=C3\C(=O)NC(=S)N(c4cccc(Cl)c4)C3=O)c2C)sc2c1CCCC2. The Balaban J connectivity index is 1.59. The van der Waals surface area contributed by atoms with E-state index in [1.807, 2.05) is 24.5 Å². The summed E-state index contributed by atoms with van der Waals surface area (Å²) in [6.07, 6.45) is 5.51. The number of halogens is 1. The van der Waals surface area contributed by atoms with E-state index in [4.69, 9.17) is 28.6 Å². The number of rotatable bonds is 5. The molecule has 10 heteroatoms. The fraction of sp³-hybridized carbons (Fsp3) is 0.286. The van der Waals surface area contributed by atoms with Gasteiger partial charge in [0.05, 0.1) is 17.9 Å². The smallest absolute Gasteiger partial charge is 0.341 e. The molecule has 0 saturated carbocycles. The van der Waals surface area contributed by atoms with E-state index in [2.05, 4.69) is 5.32 Å². The standard InChI is InChI=1S/C28H26ClN3O4S2/c1-4-36-27(35)23-20-10-5-6-11-22(20)38-26(23)31-15(2)12-17(16(31)3)13-21-24(33)30-28(37)32(25(21)34)19-9-7-8-18(29)14-19/h7-9,12-14H,4-6,10-11H2,1-3H3,(H,30,33,37)/b21-13+. The van der Waals surface area contributed by atoms with E-state index in [9.17, 15) is 14.4 Å². The number of hydrogen-bond acceptors (Lipinski definition) is 6. The minimum atomic E-state index is -0.568. The van der Waals surface area contributed by atoms with Gasteiger partial charge in [-0.1, -0.05) is 17.7 Å². The molecular formula is C28H26ClN3O4S2. The zero-order valence-corrected chi connectivity index (χ0v) is 23.6. The quantitative estimate of drug-likeness (QED) is 0.185. The molecule has 3 heterocycles. The molecule has 5 rings (SSSR count). The van der Waals surface area contributed by atoms with Crippen LogP contribution in [0.3, 0.4) is 0 Å². The van der Waals surface area contributed by atoms with Gasteiger partial charge in [0.2, 0.25) is 0 Å². The number of esters is 1. The molecule has 3 aromatic rings. The molecule has 38 heavy (non-hydrogen) atoms. The van der Waals surface area contributed by atoms with E-state index in [1.165, 1.54) is 9.78 Å². The molecule has 1 aliphatic heterocycles. The second-order valence-electron chi connectivity index (χ2n) is 9.21. The van der Waals surface area contributed by atoms with Gasteiger partial charge in [0.25, 0.3) is 11.8 Å². The summed E-state index contributed by atoms with van der Waals surface area (Å²) >= 11 is 13.0. The maximum absolute atomic E-state index is 13.5. The van der Waals surface area contributed by atoms with E-state index in [0.29, 0.717) is 28.4 Å². The van der Waals surface area contributed by atoms with Crippen molar-refractivity contribution in [3.8, 4) is 5.00 Å². The zero-order valence-electron chi connectivity index (χ0n) is 21.2.